The summed E-state index contributed by atoms with van der Waals surface area (Å²) in [5.74, 6) is 0.346. The highest BCUT2D eigenvalue weighted by Gasteiger charge is 2.09. The molecule has 19 heavy (non-hydrogen) atoms. The van der Waals surface area contributed by atoms with Gasteiger partial charge in [0.2, 0.25) is 0 Å². The minimum absolute atomic E-state index is 0.0915. The molecular weight excluding hydrogens is 242 g/mol. The van der Waals surface area contributed by atoms with E-state index in [-0.39, 0.29) is 12.5 Å². The number of aryl methyl sites for hydroxylation is 1. The number of esters is 1. The standard InChI is InChI=1S/C14H17N3O2/c1-3-19-12(18)8-17-14-13-9(2)4-5-11(15)10(13)6-7-16-14/h4-7H,3,8,15H2,1-2H3,(H,16,17). The lowest BCUT2D eigenvalue weighted by molar-refractivity contribution is -0.140. The second-order valence-corrected chi connectivity index (χ2v) is 4.21. The number of carbonyl (C=O) groups is 1. The molecular formula is C14H17N3O2. The van der Waals surface area contributed by atoms with Crippen LogP contribution in [0, 0.1) is 6.92 Å². The van der Waals surface area contributed by atoms with E-state index in [1.165, 1.54) is 0 Å². The number of aromatic nitrogens is 1. The summed E-state index contributed by atoms with van der Waals surface area (Å²) in [6.45, 7) is 4.22. The Morgan fingerprint density at radius 1 is 1.42 bits per heavy atom. The van der Waals surface area contributed by atoms with E-state index in [2.05, 4.69) is 10.3 Å². The largest absolute Gasteiger partial charge is 0.465 e. The van der Waals surface area contributed by atoms with Crippen molar-refractivity contribution in [3.8, 4) is 0 Å². The van der Waals surface area contributed by atoms with Gasteiger partial charge < -0.3 is 15.8 Å². The van der Waals surface area contributed by atoms with Crippen molar-refractivity contribution in [2.24, 2.45) is 0 Å². The van der Waals surface area contributed by atoms with Crippen LogP contribution in [0.25, 0.3) is 10.8 Å². The molecule has 2 aromatic rings. The quantitative estimate of drug-likeness (QED) is 0.649. The predicted octanol–water partition coefficient (Wildman–Crippen LogP) is 2.10. The SMILES string of the molecule is CCOC(=O)CNc1nccc2c(N)ccc(C)c12. The molecule has 0 aliphatic heterocycles. The fraction of sp³-hybridized carbons (Fsp3) is 0.286. The third kappa shape index (κ3) is 2.76. The van der Waals surface area contributed by atoms with Crippen molar-refractivity contribution in [2.45, 2.75) is 13.8 Å². The summed E-state index contributed by atoms with van der Waals surface area (Å²) in [4.78, 5) is 15.6. The van der Waals surface area contributed by atoms with Crippen LogP contribution in [0.15, 0.2) is 24.4 Å². The Morgan fingerprint density at radius 3 is 2.95 bits per heavy atom. The fourth-order valence-corrected chi connectivity index (χ4v) is 1.99. The van der Waals surface area contributed by atoms with E-state index in [1.807, 2.05) is 25.1 Å². The van der Waals surface area contributed by atoms with E-state index in [1.54, 1.807) is 13.1 Å². The van der Waals surface area contributed by atoms with Crippen molar-refractivity contribution in [3.63, 3.8) is 0 Å². The van der Waals surface area contributed by atoms with Gasteiger partial charge in [-0.2, -0.15) is 0 Å². The van der Waals surface area contributed by atoms with Crippen LogP contribution in [-0.4, -0.2) is 24.1 Å². The average Bonchev–Trinajstić information content (AvgIpc) is 2.41. The Balaban J connectivity index is 2.33. The van der Waals surface area contributed by atoms with Gasteiger partial charge in [-0.15, -0.1) is 0 Å². The van der Waals surface area contributed by atoms with E-state index in [0.29, 0.717) is 18.1 Å². The molecule has 2 rings (SSSR count). The van der Waals surface area contributed by atoms with Gasteiger partial charge in [0.05, 0.1) is 6.61 Å². The average molecular weight is 259 g/mol. The van der Waals surface area contributed by atoms with Crippen molar-refractivity contribution < 1.29 is 9.53 Å². The summed E-state index contributed by atoms with van der Waals surface area (Å²) < 4.78 is 4.88. The highest BCUT2D eigenvalue weighted by Crippen LogP contribution is 2.28. The lowest BCUT2D eigenvalue weighted by Gasteiger charge is -2.11. The van der Waals surface area contributed by atoms with Crippen LogP contribution in [0.1, 0.15) is 12.5 Å². The first-order valence-corrected chi connectivity index (χ1v) is 6.16. The van der Waals surface area contributed by atoms with Crippen LogP contribution in [0.2, 0.25) is 0 Å². The van der Waals surface area contributed by atoms with Crippen molar-refractivity contribution in [1.82, 2.24) is 4.98 Å². The number of ether oxygens (including phenoxy) is 1. The number of rotatable bonds is 4. The van der Waals surface area contributed by atoms with E-state index >= 15 is 0 Å². The van der Waals surface area contributed by atoms with Crippen molar-refractivity contribution in [2.75, 3.05) is 24.2 Å². The molecule has 0 radical (unpaired) electrons. The second-order valence-electron chi connectivity index (χ2n) is 4.21. The Bertz CT molecular complexity index is 611. The van der Waals surface area contributed by atoms with Gasteiger partial charge >= 0.3 is 5.97 Å². The maximum absolute atomic E-state index is 11.4. The fourth-order valence-electron chi connectivity index (χ4n) is 1.99. The third-order valence-electron chi connectivity index (χ3n) is 2.87. The summed E-state index contributed by atoms with van der Waals surface area (Å²) in [6, 6.07) is 5.68. The molecule has 1 aromatic heterocycles. The number of fused-ring (bicyclic) bond motifs is 1. The van der Waals surface area contributed by atoms with Crippen molar-refractivity contribution >= 4 is 28.2 Å². The molecule has 1 heterocycles. The molecule has 0 aliphatic carbocycles. The number of nitrogens with zero attached hydrogens (tertiary/aromatic N) is 1. The zero-order valence-electron chi connectivity index (χ0n) is 11.1. The summed E-state index contributed by atoms with van der Waals surface area (Å²) in [6.07, 6.45) is 1.67. The maximum atomic E-state index is 11.4. The molecule has 0 bridgehead atoms. The van der Waals surface area contributed by atoms with E-state index < -0.39 is 0 Å². The molecule has 5 nitrogen and oxygen atoms in total. The Hall–Kier alpha value is -2.30. The number of anilines is 2. The molecule has 0 saturated heterocycles. The molecule has 0 atom stereocenters. The predicted molar refractivity (Wildman–Crippen MR) is 76.0 cm³/mol. The zero-order valence-corrected chi connectivity index (χ0v) is 11.1. The number of hydrogen-bond donors (Lipinski definition) is 2. The zero-order chi connectivity index (χ0) is 13.8. The molecule has 0 aliphatic rings. The van der Waals surface area contributed by atoms with Gasteiger partial charge in [0.1, 0.15) is 12.4 Å². The highest BCUT2D eigenvalue weighted by molar-refractivity contribution is 6.01. The van der Waals surface area contributed by atoms with Gasteiger partial charge in [0.15, 0.2) is 0 Å². The summed E-state index contributed by atoms with van der Waals surface area (Å²) in [5, 5.41) is 4.87. The van der Waals surface area contributed by atoms with E-state index in [9.17, 15) is 4.79 Å². The lowest BCUT2D eigenvalue weighted by Crippen LogP contribution is -2.17. The highest BCUT2D eigenvalue weighted by atomic mass is 16.5. The summed E-state index contributed by atoms with van der Waals surface area (Å²) in [5.41, 5.74) is 7.71. The topological polar surface area (TPSA) is 77.2 Å². The van der Waals surface area contributed by atoms with Crippen LogP contribution in [0.5, 0.6) is 0 Å². The van der Waals surface area contributed by atoms with Gasteiger partial charge in [-0.3, -0.25) is 4.79 Å². The number of pyridine rings is 1. The van der Waals surface area contributed by atoms with Crippen molar-refractivity contribution in [3.05, 3.63) is 30.0 Å². The molecule has 0 saturated carbocycles. The molecule has 0 fully saturated rings. The number of nitrogens with two attached hydrogens (primary N) is 1. The summed E-state index contributed by atoms with van der Waals surface area (Å²) >= 11 is 0. The Kier molecular flexibility index (Phi) is 3.85. The molecule has 3 N–H and O–H groups in total. The van der Waals surface area contributed by atoms with Gasteiger partial charge in [-0.05, 0) is 31.5 Å². The first kappa shape index (κ1) is 13.1. The van der Waals surface area contributed by atoms with Crippen LogP contribution < -0.4 is 11.1 Å². The number of nitrogens with one attached hydrogen (secondary N) is 1. The number of carbonyl (C=O) groups excluding carboxylic acids is 1. The van der Waals surface area contributed by atoms with Gasteiger partial charge in [-0.1, -0.05) is 6.07 Å². The van der Waals surface area contributed by atoms with E-state index in [4.69, 9.17) is 10.5 Å². The first-order chi connectivity index (χ1) is 9.13. The first-order valence-electron chi connectivity index (χ1n) is 6.16. The second kappa shape index (κ2) is 5.56. The van der Waals surface area contributed by atoms with Gasteiger partial charge in [0, 0.05) is 22.7 Å². The molecule has 0 spiro atoms. The third-order valence-corrected chi connectivity index (χ3v) is 2.87. The number of benzene rings is 1. The van der Waals surface area contributed by atoms with Crippen molar-refractivity contribution in [1.29, 1.82) is 0 Å². The normalized spacial score (nSPS) is 10.4. The summed E-state index contributed by atoms with van der Waals surface area (Å²) in [7, 11) is 0. The molecule has 0 amide bonds. The van der Waals surface area contributed by atoms with Gasteiger partial charge in [-0.25, -0.2) is 4.98 Å². The number of hydrogen-bond acceptors (Lipinski definition) is 5. The minimum Gasteiger partial charge on any atom is -0.465 e. The van der Waals surface area contributed by atoms with Crippen LogP contribution >= 0.6 is 0 Å². The van der Waals surface area contributed by atoms with E-state index in [0.717, 1.165) is 16.3 Å². The molecule has 1 aromatic carbocycles. The number of nitrogen functional groups attached to an aromatic ring is 1. The van der Waals surface area contributed by atoms with Crippen LogP contribution in [0.4, 0.5) is 11.5 Å². The molecule has 5 heteroatoms. The molecule has 0 unspecified atom stereocenters. The maximum Gasteiger partial charge on any atom is 0.325 e. The Labute approximate surface area is 111 Å². The Morgan fingerprint density at radius 2 is 2.21 bits per heavy atom. The van der Waals surface area contributed by atoms with Gasteiger partial charge in [0.25, 0.3) is 0 Å². The lowest BCUT2D eigenvalue weighted by atomic mass is 10.1. The van der Waals surface area contributed by atoms with Crippen LogP contribution in [0.3, 0.4) is 0 Å². The smallest absolute Gasteiger partial charge is 0.325 e. The monoisotopic (exact) mass is 259 g/mol. The molecule has 100 valence electrons. The van der Waals surface area contributed by atoms with Crippen LogP contribution in [-0.2, 0) is 9.53 Å². The minimum atomic E-state index is -0.303.